The summed E-state index contributed by atoms with van der Waals surface area (Å²) in [5.74, 6) is 4.49. The lowest BCUT2D eigenvalue weighted by Crippen LogP contribution is -2.15. The Morgan fingerprint density at radius 2 is 1.18 bits per heavy atom. The van der Waals surface area contributed by atoms with Crippen LogP contribution < -0.4 is 0 Å². The van der Waals surface area contributed by atoms with E-state index in [1.54, 1.807) is 0 Å². The molecule has 6 aromatic rings. The lowest BCUT2D eigenvalue weighted by molar-refractivity contribution is -0.137. The SMILES string of the molecule is CC(C)c1nc2ccc(C(F)(F)F)cc2[nH]1.CC(C)c1nc2nc(C(C)(C)C)ncc2[nH]1.Cc1cnc2nc(C(C)C)[nH]c2c1. The van der Waals surface area contributed by atoms with Crippen LogP contribution in [0, 0.1) is 6.92 Å². The Morgan fingerprint density at radius 1 is 0.622 bits per heavy atom. The van der Waals surface area contributed by atoms with Crippen molar-refractivity contribution in [2.45, 2.75) is 98.6 Å². The molecule has 0 saturated carbocycles. The van der Waals surface area contributed by atoms with E-state index in [0.717, 1.165) is 57.5 Å². The number of aromatic nitrogens is 9. The third-order valence-corrected chi connectivity index (χ3v) is 6.89. The van der Waals surface area contributed by atoms with Crippen LogP contribution in [0.5, 0.6) is 0 Å². The fourth-order valence-corrected chi connectivity index (χ4v) is 4.24. The second-order valence-electron chi connectivity index (χ2n) is 13.1. The largest absolute Gasteiger partial charge is 0.416 e. The summed E-state index contributed by atoms with van der Waals surface area (Å²) in [5, 5.41) is 0. The third kappa shape index (κ3) is 8.23. The van der Waals surface area contributed by atoms with E-state index in [0.29, 0.717) is 28.7 Å². The number of alkyl halides is 3. The van der Waals surface area contributed by atoms with Gasteiger partial charge in [0.1, 0.15) is 28.8 Å². The zero-order chi connectivity index (χ0) is 33.3. The van der Waals surface area contributed by atoms with Gasteiger partial charge in [-0.15, -0.1) is 0 Å². The molecule has 0 spiro atoms. The van der Waals surface area contributed by atoms with Gasteiger partial charge in [0.25, 0.3) is 0 Å². The number of hydrogen-bond acceptors (Lipinski definition) is 6. The van der Waals surface area contributed by atoms with E-state index in [-0.39, 0.29) is 11.3 Å². The minimum atomic E-state index is -4.31. The lowest BCUT2D eigenvalue weighted by Gasteiger charge is -2.15. The molecule has 0 aliphatic carbocycles. The Labute approximate surface area is 261 Å². The van der Waals surface area contributed by atoms with E-state index in [1.807, 2.05) is 33.2 Å². The predicted octanol–water partition coefficient (Wildman–Crippen LogP) is 8.87. The molecule has 6 rings (SSSR count). The van der Waals surface area contributed by atoms with Crippen molar-refractivity contribution in [3.8, 4) is 0 Å². The van der Waals surface area contributed by atoms with Crippen LogP contribution in [0.3, 0.4) is 0 Å². The maximum atomic E-state index is 12.4. The molecule has 0 aliphatic rings. The van der Waals surface area contributed by atoms with Crippen molar-refractivity contribution >= 4 is 33.4 Å². The van der Waals surface area contributed by atoms with Crippen molar-refractivity contribution in [2.75, 3.05) is 0 Å². The smallest absolute Gasteiger partial charge is 0.342 e. The van der Waals surface area contributed by atoms with Crippen molar-refractivity contribution < 1.29 is 13.2 Å². The highest BCUT2D eigenvalue weighted by Crippen LogP contribution is 2.31. The minimum Gasteiger partial charge on any atom is -0.342 e. The summed E-state index contributed by atoms with van der Waals surface area (Å²) in [6.07, 6.45) is -0.646. The summed E-state index contributed by atoms with van der Waals surface area (Å²) in [4.78, 5) is 35.6. The average molecular weight is 622 g/mol. The molecule has 0 amide bonds. The standard InChI is InChI=1S/C12H18N4.C11H11F3N2.C10H13N3/c1-7(2)9-14-8-6-13-11(12(3,4)5)16-10(8)15-9;1-6(2)10-15-8-4-3-7(11(12,13)14)5-9(8)16-10;1-6(2)9-12-8-4-7(3)5-11-10(8)13-9/h6-7H,1-5H3,(H,13,14,15,16);3-6H,1-2H3,(H,15,16);4-6H,1-3H3,(H,11,12,13). The van der Waals surface area contributed by atoms with E-state index in [4.69, 9.17) is 0 Å². The second kappa shape index (κ2) is 12.9. The summed E-state index contributed by atoms with van der Waals surface area (Å²) in [6.45, 7) is 20.6. The molecule has 12 heteroatoms. The molecular formula is C33H42F3N9. The number of halogens is 3. The molecule has 9 nitrogen and oxygen atoms in total. The molecule has 0 radical (unpaired) electrons. The summed E-state index contributed by atoms with van der Waals surface area (Å²) < 4.78 is 37.3. The second-order valence-corrected chi connectivity index (χ2v) is 13.1. The molecule has 0 bridgehead atoms. The van der Waals surface area contributed by atoms with Crippen LogP contribution in [0.2, 0.25) is 0 Å². The molecule has 240 valence electrons. The first-order valence-corrected chi connectivity index (χ1v) is 15.0. The Hall–Kier alpha value is -4.35. The van der Waals surface area contributed by atoms with Crippen molar-refractivity contribution in [1.29, 1.82) is 0 Å². The number of fused-ring (bicyclic) bond motifs is 3. The monoisotopic (exact) mass is 621 g/mol. The van der Waals surface area contributed by atoms with Crippen LogP contribution in [0.4, 0.5) is 13.2 Å². The Bertz CT molecular complexity index is 1790. The lowest BCUT2D eigenvalue weighted by atomic mass is 9.96. The molecule has 5 heterocycles. The van der Waals surface area contributed by atoms with Crippen LogP contribution in [-0.2, 0) is 11.6 Å². The summed E-state index contributed by atoms with van der Waals surface area (Å²) in [5.41, 5.74) is 4.99. The van der Waals surface area contributed by atoms with Gasteiger partial charge in [-0.05, 0) is 36.8 Å². The highest BCUT2D eigenvalue weighted by Gasteiger charge is 2.30. The highest BCUT2D eigenvalue weighted by atomic mass is 19.4. The fourth-order valence-electron chi connectivity index (χ4n) is 4.24. The first kappa shape index (κ1) is 33.5. The van der Waals surface area contributed by atoms with Gasteiger partial charge in [0.15, 0.2) is 11.3 Å². The summed E-state index contributed by atoms with van der Waals surface area (Å²) in [7, 11) is 0. The first-order chi connectivity index (χ1) is 20.9. The minimum absolute atomic E-state index is 0.0366. The van der Waals surface area contributed by atoms with Gasteiger partial charge in [0.05, 0.1) is 28.3 Å². The van der Waals surface area contributed by atoms with Crippen LogP contribution in [-0.4, -0.2) is 44.9 Å². The number of hydrogen-bond donors (Lipinski definition) is 3. The van der Waals surface area contributed by atoms with Gasteiger partial charge in [-0.3, -0.25) is 0 Å². The molecule has 45 heavy (non-hydrogen) atoms. The van der Waals surface area contributed by atoms with Gasteiger partial charge in [-0.25, -0.2) is 29.9 Å². The van der Waals surface area contributed by atoms with Gasteiger partial charge < -0.3 is 15.0 Å². The first-order valence-electron chi connectivity index (χ1n) is 15.0. The van der Waals surface area contributed by atoms with Crippen LogP contribution in [0.25, 0.3) is 33.4 Å². The Morgan fingerprint density at radius 3 is 1.76 bits per heavy atom. The van der Waals surface area contributed by atoms with Crippen molar-refractivity contribution in [3.63, 3.8) is 0 Å². The van der Waals surface area contributed by atoms with Crippen molar-refractivity contribution in [3.05, 3.63) is 71.1 Å². The Balaban J connectivity index is 0.000000155. The third-order valence-electron chi connectivity index (χ3n) is 6.89. The number of nitrogens with one attached hydrogen (secondary N) is 3. The van der Waals surface area contributed by atoms with Crippen LogP contribution >= 0.6 is 0 Å². The van der Waals surface area contributed by atoms with Gasteiger partial charge in [0.2, 0.25) is 0 Å². The number of aromatic amines is 3. The number of pyridine rings is 1. The molecule has 5 aromatic heterocycles. The van der Waals surface area contributed by atoms with E-state index in [1.165, 1.54) is 6.07 Å². The number of H-pyrrole nitrogens is 3. The molecule has 0 fully saturated rings. The number of nitrogens with zero attached hydrogens (tertiary/aromatic N) is 6. The maximum Gasteiger partial charge on any atom is 0.416 e. The van der Waals surface area contributed by atoms with E-state index >= 15 is 0 Å². The predicted molar refractivity (Wildman–Crippen MR) is 172 cm³/mol. The topological polar surface area (TPSA) is 125 Å². The van der Waals surface area contributed by atoms with E-state index < -0.39 is 11.7 Å². The van der Waals surface area contributed by atoms with Crippen LogP contribution in [0.1, 0.15) is 114 Å². The Kier molecular flexibility index (Phi) is 9.65. The summed E-state index contributed by atoms with van der Waals surface area (Å²) in [6, 6.07) is 5.60. The van der Waals surface area contributed by atoms with Gasteiger partial charge in [-0.2, -0.15) is 13.2 Å². The maximum absolute atomic E-state index is 12.4. The normalized spacial score (nSPS) is 12.3. The molecule has 1 aromatic carbocycles. The zero-order valence-electron chi connectivity index (χ0n) is 27.5. The molecule has 3 N–H and O–H groups in total. The van der Waals surface area contributed by atoms with Gasteiger partial charge >= 0.3 is 6.18 Å². The van der Waals surface area contributed by atoms with E-state index in [9.17, 15) is 13.2 Å². The van der Waals surface area contributed by atoms with Crippen LogP contribution in [0.15, 0.2) is 36.7 Å². The number of rotatable bonds is 3. The highest BCUT2D eigenvalue weighted by molar-refractivity contribution is 5.76. The molecule has 0 unspecified atom stereocenters. The molecule has 0 atom stereocenters. The molecular weight excluding hydrogens is 579 g/mol. The van der Waals surface area contributed by atoms with Crippen molar-refractivity contribution in [2.24, 2.45) is 0 Å². The van der Waals surface area contributed by atoms with Gasteiger partial charge in [0, 0.05) is 29.4 Å². The summed E-state index contributed by atoms with van der Waals surface area (Å²) >= 11 is 0. The molecule has 0 aliphatic heterocycles. The average Bonchev–Trinajstić information content (AvgIpc) is 3.68. The van der Waals surface area contributed by atoms with Gasteiger partial charge in [-0.1, -0.05) is 62.3 Å². The fraction of sp³-hybridized carbons (Fsp3) is 0.455. The zero-order valence-corrected chi connectivity index (χ0v) is 27.5. The number of imidazole rings is 3. The number of benzene rings is 1. The van der Waals surface area contributed by atoms with Crippen molar-refractivity contribution in [1.82, 2.24) is 44.9 Å². The molecule has 0 saturated heterocycles. The van der Waals surface area contributed by atoms with E-state index in [2.05, 4.69) is 99.4 Å². The number of aryl methyl sites for hydroxylation is 1. The quantitative estimate of drug-likeness (QED) is 0.181.